The minimum Gasteiger partial charge on any atom is -0.311 e. The zero-order valence-electron chi connectivity index (χ0n) is 37.3. The fraction of sp³-hybridized carbons (Fsp3) is 0. The van der Waals surface area contributed by atoms with E-state index in [1.807, 2.05) is 0 Å². The first-order chi connectivity index (χ1) is 33.7. The van der Waals surface area contributed by atoms with Crippen LogP contribution in [0.15, 0.2) is 267 Å². The maximum atomic E-state index is 2.46. The smallest absolute Gasteiger partial charge is 0.0541 e. The zero-order chi connectivity index (χ0) is 45.0. The highest BCUT2D eigenvalue weighted by atomic mass is 15.1. The summed E-state index contributed by atoms with van der Waals surface area (Å²) < 4.78 is 2.46. The number of anilines is 3. The Balaban J connectivity index is 0.941. The Hall–Kier alpha value is -8.98. The molecular weight excluding hydrogens is 821 g/mol. The summed E-state index contributed by atoms with van der Waals surface area (Å²) in [5.74, 6) is 0. The van der Waals surface area contributed by atoms with Crippen molar-refractivity contribution >= 4 is 71.2 Å². The summed E-state index contributed by atoms with van der Waals surface area (Å²) in [5, 5.41) is 10.1. The number of aromatic nitrogens is 1. The predicted molar refractivity (Wildman–Crippen MR) is 290 cm³/mol. The summed E-state index contributed by atoms with van der Waals surface area (Å²) in [6.07, 6.45) is 0. The van der Waals surface area contributed by atoms with Gasteiger partial charge in [0.05, 0.1) is 11.0 Å². The molecule has 2 nitrogen and oxygen atoms in total. The molecule has 0 radical (unpaired) electrons. The molecule has 0 fully saturated rings. The van der Waals surface area contributed by atoms with Gasteiger partial charge in [-0.05, 0) is 150 Å². The van der Waals surface area contributed by atoms with E-state index in [2.05, 4.69) is 276 Å². The van der Waals surface area contributed by atoms with Crippen LogP contribution in [0.5, 0.6) is 0 Å². The number of benzene rings is 12. The third-order valence-electron chi connectivity index (χ3n) is 13.8. The first-order valence-corrected chi connectivity index (χ1v) is 23.4. The van der Waals surface area contributed by atoms with Gasteiger partial charge in [0.25, 0.3) is 0 Å². The quantitative estimate of drug-likeness (QED) is 0.138. The number of hydrogen-bond donors (Lipinski definition) is 0. The molecule has 1 heterocycles. The molecule has 0 saturated heterocycles. The fourth-order valence-corrected chi connectivity index (χ4v) is 10.4. The van der Waals surface area contributed by atoms with Gasteiger partial charge < -0.3 is 9.47 Å². The van der Waals surface area contributed by atoms with E-state index in [1.165, 1.54) is 98.6 Å². The average Bonchev–Trinajstić information content (AvgIpc) is 3.75. The number of nitrogens with zero attached hydrogens (tertiary/aromatic N) is 2. The lowest BCUT2D eigenvalue weighted by molar-refractivity contribution is 1.19. The van der Waals surface area contributed by atoms with Crippen molar-refractivity contribution in [2.75, 3.05) is 4.90 Å². The standard InChI is InChI=1S/C66H44N2/c1-4-14-45(15-5-1)47-24-26-49(27-25-47)51-32-40-65-63(42-51)64-43-52(33-41-66(64)68(65)56-38-39-61-59-22-11-10-20-57(59)58-21-12-13-23-60(58)62(61)44-56)50-30-36-55(37-31-50)67(53-18-8-3-9-19-53)54-34-28-48(29-35-54)46-16-6-2-7-17-46/h1-44H. The molecule has 13 aromatic rings. The lowest BCUT2D eigenvalue weighted by Gasteiger charge is -2.26. The molecule has 2 heteroatoms. The molecule has 0 N–H and O–H groups in total. The summed E-state index contributed by atoms with van der Waals surface area (Å²) in [6, 6.07) is 97.4. The number of rotatable bonds is 8. The van der Waals surface area contributed by atoms with E-state index < -0.39 is 0 Å². The van der Waals surface area contributed by atoms with E-state index in [0.29, 0.717) is 0 Å². The van der Waals surface area contributed by atoms with Crippen LogP contribution in [0.25, 0.3) is 104 Å². The number of para-hydroxylation sites is 1. The minimum atomic E-state index is 1.10. The molecule has 0 amide bonds. The van der Waals surface area contributed by atoms with Crippen molar-refractivity contribution in [3.8, 4) is 50.2 Å². The van der Waals surface area contributed by atoms with Crippen molar-refractivity contribution in [3.63, 3.8) is 0 Å². The second kappa shape index (κ2) is 16.5. The molecule has 0 aliphatic heterocycles. The molecule has 0 unspecified atom stereocenters. The molecule has 12 aromatic carbocycles. The first-order valence-electron chi connectivity index (χ1n) is 23.4. The lowest BCUT2D eigenvalue weighted by Crippen LogP contribution is -2.09. The number of hydrogen-bond acceptors (Lipinski definition) is 1. The van der Waals surface area contributed by atoms with Gasteiger partial charge >= 0.3 is 0 Å². The van der Waals surface area contributed by atoms with E-state index in [0.717, 1.165) is 22.7 Å². The van der Waals surface area contributed by atoms with E-state index in [1.54, 1.807) is 0 Å². The van der Waals surface area contributed by atoms with Crippen LogP contribution in [0.3, 0.4) is 0 Å². The van der Waals surface area contributed by atoms with Crippen molar-refractivity contribution in [1.29, 1.82) is 0 Å². The number of fused-ring (bicyclic) bond motifs is 9. The van der Waals surface area contributed by atoms with Crippen LogP contribution in [-0.4, -0.2) is 4.57 Å². The summed E-state index contributed by atoms with van der Waals surface area (Å²) in [6.45, 7) is 0. The molecule has 0 aliphatic carbocycles. The van der Waals surface area contributed by atoms with Crippen molar-refractivity contribution in [3.05, 3.63) is 267 Å². The topological polar surface area (TPSA) is 8.17 Å². The third kappa shape index (κ3) is 6.82. The van der Waals surface area contributed by atoms with Gasteiger partial charge in [-0.3, -0.25) is 0 Å². The lowest BCUT2D eigenvalue weighted by atomic mass is 9.94. The molecule has 68 heavy (non-hydrogen) atoms. The molecular formula is C66H44N2. The molecule has 0 aliphatic rings. The molecule has 0 bridgehead atoms. The van der Waals surface area contributed by atoms with Crippen molar-refractivity contribution in [2.45, 2.75) is 0 Å². The molecule has 0 spiro atoms. The van der Waals surface area contributed by atoms with Crippen LogP contribution in [-0.2, 0) is 0 Å². The van der Waals surface area contributed by atoms with Crippen LogP contribution in [0.2, 0.25) is 0 Å². The molecule has 0 atom stereocenters. The largest absolute Gasteiger partial charge is 0.311 e. The van der Waals surface area contributed by atoms with Gasteiger partial charge in [0.15, 0.2) is 0 Å². The molecule has 13 rings (SSSR count). The summed E-state index contributed by atoms with van der Waals surface area (Å²) in [4.78, 5) is 2.33. The Morgan fingerprint density at radius 2 is 0.529 bits per heavy atom. The Labute approximate surface area is 395 Å². The van der Waals surface area contributed by atoms with Gasteiger partial charge in [0, 0.05) is 33.5 Å². The van der Waals surface area contributed by atoms with Gasteiger partial charge in [0.2, 0.25) is 0 Å². The highest BCUT2D eigenvalue weighted by molar-refractivity contribution is 6.25. The summed E-state index contributed by atoms with van der Waals surface area (Å²) in [7, 11) is 0. The Morgan fingerprint density at radius 1 is 0.206 bits per heavy atom. The van der Waals surface area contributed by atoms with E-state index in [-0.39, 0.29) is 0 Å². The van der Waals surface area contributed by atoms with E-state index >= 15 is 0 Å². The zero-order valence-corrected chi connectivity index (χ0v) is 37.3. The van der Waals surface area contributed by atoms with Crippen LogP contribution >= 0.6 is 0 Å². The van der Waals surface area contributed by atoms with Crippen molar-refractivity contribution < 1.29 is 0 Å². The second-order valence-electron chi connectivity index (χ2n) is 17.7. The van der Waals surface area contributed by atoms with Gasteiger partial charge in [-0.15, -0.1) is 0 Å². The van der Waals surface area contributed by atoms with Gasteiger partial charge in [-0.25, -0.2) is 0 Å². The third-order valence-corrected chi connectivity index (χ3v) is 13.8. The van der Waals surface area contributed by atoms with Crippen molar-refractivity contribution in [2.24, 2.45) is 0 Å². The van der Waals surface area contributed by atoms with Crippen LogP contribution in [0.1, 0.15) is 0 Å². The van der Waals surface area contributed by atoms with Gasteiger partial charge in [-0.1, -0.05) is 194 Å². The first kappa shape index (κ1) is 39.4. The SMILES string of the molecule is c1ccc(-c2ccc(-c3ccc4c(c3)c3cc(-c5ccc(N(c6ccccc6)c6ccc(-c7ccccc7)cc6)cc5)ccc3n4-c3ccc4c5ccccc5c5ccccc5c4c3)cc2)cc1. The van der Waals surface area contributed by atoms with Gasteiger partial charge in [-0.2, -0.15) is 0 Å². The summed E-state index contributed by atoms with van der Waals surface area (Å²) in [5.41, 5.74) is 16.4. The Kier molecular flexibility index (Phi) is 9.54. The molecule has 1 aromatic heterocycles. The van der Waals surface area contributed by atoms with E-state index in [4.69, 9.17) is 0 Å². The van der Waals surface area contributed by atoms with Crippen LogP contribution < -0.4 is 4.90 Å². The van der Waals surface area contributed by atoms with Crippen molar-refractivity contribution in [1.82, 2.24) is 4.57 Å². The average molecular weight is 865 g/mol. The van der Waals surface area contributed by atoms with E-state index in [9.17, 15) is 0 Å². The fourth-order valence-electron chi connectivity index (χ4n) is 10.4. The summed E-state index contributed by atoms with van der Waals surface area (Å²) >= 11 is 0. The highest BCUT2D eigenvalue weighted by Gasteiger charge is 2.18. The normalized spacial score (nSPS) is 11.5. The maximum Gasteiger partial charge on any atom is 0.0541 e. The van der Waals surface area contributed by atoms with Crippen LogP contribution in [0.4, 0.5) is 17.1 Å². The molecule has 318 valence electrons. The second-order valence-corrected chi connectivity index (χ2v) is 17.7. The predicted octanol–water partition coefficient (Wildman–Crippen LogP) is 18.4. The Morgan fingerprint density at radius 3 is 0.985 bits per heavy atom. The molecule has 0 saturated carbocycles. The monoisotopic (exact) mass is 864 g/mol. The minimum absolute atomic E-state index is 1.10. The van der Waals surface area contributed by atoms with Gasteiger partial charge in [0.1, 0.15) is 0 Å². The maximum absolute atomic E-state index is 2.46. The Bertz CT molecular complexity index is 3930. The highest BCUT2D eigenvalue weighted by Crippen LogP contribution is 2.42. The van der Waals surface area contributed by atoms with Crippen LogP contribution in [0, 0.1) is 0 Å².